The van der Waals surface area contributed by atoms with Crippen LogP contribution in [0.25, 0.3) is 6.08 Å². The van der Waals surface area contributed by atoms with E-state index in [9.17, 15) is 19.7 Å². The minimum Gasteiger partial charge on any atom is -0.419 e. The Morgan fingerprint density at radius 1 is 1.03 bits per heavy atom. The van der Waals surface area contributed by atoms with E-state index >= 15 is 0 Å². The summed E-state index contributed by atoms with van der Waals surface area (Å²) < 4.78 is 16.4. The molecule has 0 radical (unpaired) electrons. The van der Waals surface area contributed by atoms with Crippen molar-refractivity contribution in [2.24, 2.45) is 0 Å². The molecule has 0 unspecified atom stereocenters. The number of nitrogens with zero attached hydrogens (tertiary/aromatic N) is 2. The van der Waals surface area contributed by atoms with Gasteiger partial charge in [0, 0.05) is 49.3 Å². The first kappa shape index (κ1) is 19.4. The maximum atomic E-state index is 12.6. The van der Waals surface area contributed by atoms with Crippen LogP contribution in [0.15, 0.2) is 23.8 Å². The molecule has 3 fully saturated rings. The topological polar surface area (TPSA) is 108 Å². The van der Waals surface area contributed by atoms with E-state index in [1.165, 1.54) is 18.2 Å². The Balaban J connectivity index is 1.68. The molecule has 0 N–H and O–H groups in total. The smallest absolute Gasteiger partial charge is 0.348 e. The zero-order valence-electron chi connectivity index (χ0n) is 15.9. The first-order valence-corrected chi connectivity index (χ1v) is 9.77. The fourth-order valence-electron chi connectivity index (χ4n) is 3.98. The molecule has 1 aliphatic carbocycles. The van der Waals surface area contributed by atoms with E-state index in [1.807, 2.05) is 4.90 Å². The molecule has 2 aliphatic heterocycles. The highest BCUT2D eigenvalue weighted by Gasteiger charge is 2.46. The number of benzene rings is 1. The number of hydrogen-bond acceptors (Lipinski definition) is 8. The maximum Gasteiger partial charge on any atom is 0.348 e. The minimum absolute atomic E-state index is 0.129. The van der Waals surface area contributed by atoms with Gasteiger partial charge in [-0.05, 0) is 25.0 Å². The molecule has 1 aromatic carbocycles. The van der Waals surface area contributed by atoms with Crippen molar-refractivity contribution in [3.8, 4) is 0 Å². The Hall–Kier alpha value is -2.94. The second-order valence-corrected chi connectivity index (χ2v) is 7.41. The lowest BCUT2D eigenvalue weighted by molar-refractivity contribution is -0.384. The molecular formula is C20H22N2O7. The van der Waals surface area contributed by atoms with Crippen LogP contribution in [0.2, 0.25) is 0 Å². The summed E-state index contributed by atoms with van der Waals surface area (Å²) in [6, 6.07) is 4.38. The molecule has 2 heterocycles. The average molecular weight is 402 g/mol. The maximum absolute atomic E-state index is 12.6. The van der Waals surface area contributed by atoms with E-state index in [2.05, 4.69) is 0 Å². The van der Waals surface area contributed by atoms with Gasteiger partial charge < -0.3 is 19.1 Å². The number of nitro benzene ring substituents is 1. The van der Waals surface area contributed by atoms with Gasteiger partial charge in [0.05, 0.1) is 18.1 Å². The lowest BCUT2D eigenvalue weighted by atomic mass is 9.93. The monoisotopic (exact) mass is 402 g/mol. The minimum atomic E-state index is -1.17. The van der Waals surface area contributed by atoms with E-state index in [-0.39, 0.29) is 11.3 Å². The molecule has 29 heavy (non-hydrogen) atoms. The van der Waals surface area contributed by atoms with Gasteiger partial charge in [0.15, 0.2) is 0 Å². The molecule has 1 saturated carbocycles. The van der Waals surface area contributed by atoms with Crippen LogP contribution in [0.5, 0.6) is 0 Å². The van der Waals surface area contributed by atoms with E-state index in [1.54, 1.807) is 6.07 Å². The van der Waals surface area contributed by atoms with Crippen LogP contribution >= 0.6 is 0 Å². The normalized spacial score (nSPS) is 21.5. The predicted octanol–water partition coefficient (Wildman–Crippen LogP) is 2.58. The van der Waals surface area contributed by atoms with Gasteiger partial charge >= 0.3 is 11.9 Å². The van der Waals surface area contributed by atoms with Crippen molar-refractivity contribution < 1.29 is 28.7 Å². The molecule has 9 nitrogen and oxygen atoms in total. The van der Waals surface area contributed by atoms with E-state index < -0.39 is 22.6 Å². The van der Waals surface area contributed by atoms with Gasteiger partial charge in [-0.2, -0.15) is 0 Å². The number of rotatable bonds is 3. The molecule has 2 saturated heterocycles. The molecule has 154 valence electrons. The number of esters is 2. The molecule has 1 aromatic rings. The van der Waals surface area contributed by atoms with Gasteiger partial charge in [-0.15, -0.1) is 0 Å². The number of carbonyl (C=O) groups excluding carboxylic acids is 2. The average Bonchev–Trinajstić information content (AvgIpc) is 2.72. The second-order valence-electron chi connectivity index (χ2n) is 7.41. The van der Waals surface area contributed by atoms with Gasteiger partial charge in [0.1, 0.15) is 5.57 Å². The Kier molecular flexibility index (Phi) is 5.23. The van der Waals surface area contributed by atoms with E-state index in [4.69, 9.17) is 14.2 Å². The highest BCUT2D eigenvalue weighted by atomic mass is 16.7. The predicted molar refractivity (Wildman–Crippen MR) is 102 cm³/mol. The Morgan fingerprint density at radius 2 is 1.69 bits per heavy atom. The summed E-state index contributed by atoms with van der Waals surface area (Å²) in [5, 5.41) is 11.2. The quantitative estimate of drug-likeness (QED) is 0.250. The number of morpholine rings is 1. The number of ether oxygens (including phenoxy) is 3. The zero-order chi connectivity index (χ0) is 20.4. The third-order valence-corrected chi connectivity index (χ3v) is 5.49. The molecule has 9 heteroatoms. The summed E-state index contributed by atoms with van der Waals surface area (Å²) in [5.74, 6) is -2.66. The number of non-ortho nitro benzene ring substituents is 1. The number of carbonyl (C=O) groups is 2. The number of anilines is 1. The highest BCUT2D eigenvalue weighted by molar-refractivity contribution is 6.19. The summed E-state index contributed by atoms with van der Waals surface area (Å²) in [5.41, 5.74) is 0.695. The van der Waals surface area contributed by atoms with Crippen molar-refractivity contribution in [1.82, 2.24) is 0 Å². The van der Waals surface area contributed by atoms with Crippen LogP contribution in [0.3, 0.4) is 0 Å². The summed E-state index contributed by atoms with van der Waals surface area (Å²) in [4.78, 5) is 38.0. The van der Waals surface area contributed by atoms with Gasteiger partial charge in [0.25, 0.3) is 11.5 Å². The third-order valence-electron chi connectivity index (χ3n) is 5.49. The molecule has 0 aromatic heterocycles. The largest absolute Gasteiger partial charge is 0.419 e. The molecule has 0 bridgehead atoms. The van der Waals surface area contributed by atoms with Crippen LogP contribution in [-0.4, -0.2) is 49.0 Å². The standard InChI is InChI=1S/C20H22N2O7/c23-18-16(19(24)29-20(28-18)6-2-1-3-7-20)13-14-12-15(22(25)26)4-5-17(14)21-8-10-27-11-9-21/h4-5,12-13H,1-3,6-11H2. The van der Waals surface area contributed by atoms with Gasteiger partial charge in [-0.1, -0.05) is 6.42 Å². The second kappa shape index (κ2) is 7.82. The van der Waals surface area contributed by atoms with Crippen LogP contribution in [0, 0.1) is 10.1 Å². The number of nitro groups is 1. The summed E-state index contributed by atoms with van der Waals surface area (Å²) >= 11 is 0. The summed E-state index contributed by atoms with van der Waals surface area (Å²) in [6.45, 7) is 2.26. The Labute approximate surface area is 167 Å². The molecule has 0 amide bonds. The molecule has 3 aliphatic rings. The van der Waals surface area contributed by atoms with Crippen molar-refractivity contribution in [2.45, 2.75) is 37.9 Å². The zero-order valence-corrected chi connectivity index (χ0v) is 15.9. The van der Waals surface area contributed by atoms with E-state index in [0.29, 0.717) is 50.4 Å². The summed E-state index contributed by atoms with van der Waals surface area (Å²) in [7, 11) is 0. The van der Waals surface area contributed by atoms with Gasteiger partial charge in [0.2, 0.25) is 0 Å². The Bertz CT molecular complexity index is 846. The van der Waals surface area contributed by atoms with Crippen LogP contribution in [0.1, 0.15) is 37.7 Å². The van der Waals surface area contributed by atoms with Gasteiger partial charge in [-0.3, -0.25) is 10.1 Å². The van der Waals surface area contributed by atoms with Crippen LogP contribution < -0.4 is 4.90 Å². The molecular weight excluding hydrogens is 380 g/mol. The van der Waals surface area contributed by atoms with Crippen molar-refractivity contribution in [1.29, 1.82) is 0 Å². The lowest BCUT2D eigenvalue weighted by Gasteiger charge is -2.38. The first-order chi connectivity index (χ1) is 14.0. The fourth-order valence-corrected chi connectivity index (χ4v) is 3.98. The SMILES string of the molecule is O=C1OC2(CCCCC2)OC(=O)C1=Cc1cc([N+](=O)[O-])ccc1N1CCOCC1. The highest BCUT2D eigenvalue weighted by Crippen LogP contribution is 2.38. The van der Waals surface area contributed by atoms with E-state index in [0.717, 1.165) is 19.3 Å². The van der Waals surface area contributed by atoms with Crippen molar-refractivity contribution in [2.75, 3.05) is 31.2 Å². The number of hydrogen-bond donors (Lipinski definition) is 0. The van der Waals surface area contributed by atoms with Crippen molar-refractivity contribution in [3.05, 3.63) is 39.4 Å². The van der Waals surface area contributed by atoms with Crippen molar-refractivity contribution in [3.63, 3.8) is 0 Å². The molecule has 0 atom stereocenters. The third kappa shape index (κ3) is 3.95. The first-order valence-electron chi connectivity index (χ1n) is 9.77. The van der Waals surface area contributed by atoms with Crippen LogP contribution in [-0.2, 0) is 23.8 Å². The lowest BCUT2D eigenvalue weighted by Crippen LogP contribution is -2.47. The van der Waals surface area contributed by atoms with Crippen LogP contribution in [0.4, 0.5) is 11.4 Å². The fraction of sp³-hybridized carbons (Fsp3) is 0.500. The van der Waals surface area contributed by atoms with Crippen molar-refractivity contribution >= 4 is 29.4 Å². The molecule has 1 spiro atoms. The Morgan fingerprint density at radius 3 is 2.31 bits per heavy atom. The van der Waals surface area contributed by atoms with Gasteiger partial charge in [-0.25, -0.2) is 9.59 Å². The molecule has 4 rings (SSSR count). The summed E-state index contributed by atoms with van der Waals surface area (Å²) in [6.07, 6.45) is 4.98.